The molecule has 202 valence electrons. The summed E-state index contributed by atoms with van der Waals surface area (Å²) in [6, 6.07) is 17.9. The molecule has 0 radical (unpaired) electrons. The Morgan fingerprint density at radius 1 is 1.00 bits per heavy atom. The van der Waals surface area contributed by atoms with Gasteiger partial charge in [-0.25, -0.2) is 4.79 Å². The Kier molecular flexibility index (Phi) is 11.6. The molecular formula is C27H33F3N2O5. The summed E-state index contributed by atoms with van der Waals surface area (Å²) in [7, 11) is 1.30. The second-order valence-electron chi connectivity index (χ2n) is 8.83. The first-order valence-corrected chi connectivity index (χ1v) is 12.1. The molecule has 1 aliphatic heterocycles. The van der Waals surface area contributed by atoms with E-state index in [9.17, 15) is 22.8 Å². The number of carboxylic acids is 1. The van der Waals surface area contributed by atoms with Crippen LogP contribution in [-0.4, -0.2) is 66.8 Å². The van der Waals surface area contributed by atoms with Crippen molar-refractivity contribution >= 4 is 17.8 Å². The molecular weight excluding hydrogens is 489 g/mol. The quantitative estimate of drug-likeness (QED) is 0.479. The maximum atomic E-state index is 11.8. The molecule has 1 fully saturated rings. The SMILES string of the molecule is COC(=O)CNC(=O)CCc1ccc(-c2ccc(CCN3CCCC3C)cc2)cc1.O=C(O)C(F)(F)F. The van der Waals surface area contributed by atoms with Gasteiger partial charge >= 0.3 is 18.1 Å². The molecule has 2 aromatic carbocycles. The molecule has 1 unspecified atom stereocenters. The lowest BCUT2D eigenvalue weighted by Gasteiger charge is -2.20. The molecule has 1 atom stereocenters. The van der Waals surface area contributed by atoms with Crippen LogP contribution in [0.5, 0.6) is 0 Å². The van der Waals surface area contributed by atoms with Gasteiger partial charge in [0.05, 0.1) is 7.11 Å². The number of methoxy groups -OCH3 is 1. The summed E-state index contributed by atoms with van der Waals surface area (Å²) >= 11 is 0. The number of likely N-dealkylation sites (tertiary alicyclic amines) is 1. The number of rotatable bonds is 9. The number of esters is 1. The summed E-state index contributed by atoms with van der Waals surface area (Å²) in [6.07, 6.45) is -0.342. The van der Waals surface area contributed by atoms with Crippen LogP contribution in [0.1, 0.15) is 37.3 Å². The third-order valence-electron chi connectivity index (χ3n) is 6.16. The standard InChI is InChI=1S/C25H32N2O3.C2HF3O2/c1-19-4-3-16-27(19)17-15-21-7-12-23(13-8-21)22-10-5-20(6-11-22)9-14-24(28)26-18-25(29)30-2;3-2(4,5)1(6)7/h5-8,10-13,19H,3-4,9,14-18H2,1-2H3,(H,26,28);(H,6,7). The number of aryl methyl sites for hydroxylation is 1. The molecule has 37 heavy (non-hydrogen) atoms. The summed E-state index contributed by atoms with van der Waals surface area (Å²) in [4.78, 5) is 34.3. The lowest BCUT2D eigenvalue weighted by Crippen LogP contribution is -2.30. The van der Waals surface area contributed by atoms with Crippen LogP contribution in [0, 0.1) is 0 Å². The van der Waals surface area contributed by atoms with Gasteiger partial charge in [-0.05, 0) is 61.4 Å². The summed E-state index contributed by atoms with van der Waals surface area (Å²) in [6.45, 7) is 4.62. The van der Waals surface area contributed by atoms with E-state index >= 15 is 0 Å². The largest absolute Gasteiger partial charge is 0.490 e. The van der Waals surface area contributed by atoms with Crippen LogP contribution >= 0.6 is 0 Å². The summed E-state index contributed by atoms with van der Waals surface area (Å²) in [5.41, 5.74) is 4.86. The van der Waals surface area contributed by atoms with Crippen molar-refractivity contribution < 1.29 is 37.4 Å². The molecule has 0 bridgehead atoms. The van der Waals surface area contributed by atoms with Crippen molar-refractivity contribution in [1.82, 2.24) is 10.2 Å². The molecule has 1 saturated heterocycles. The Morgan fingerprint density at radius 3 is 1.95 bits per heavy atom. The van der Waals surface area contributed by atoms with Crippen LogP contribution in [0.15, 0.2) is 48.5 Å². The maximum Gasteiger partial charge on any atom is 0.490 e. The van der Waals surface area contributed by atoms with Crippen molar-refractivity contribution in [1.29, 1.82) is 0 Å². The monoisotopic (exact) mass is 522 g/mol. The predicted octanol–water partition coefficient (Wildman–Crippen LogP) is 4.24. The van der Waals surface area contributed by atoms with Crippen molar-refractivity contribution in [3.63, 3.8) is 0 Å². The molecule has 10 heteroatoms. The fourth-order valence-electron chi connectivity index (χ4n) is 3.91. The average Bonchev–Trinajstić information content (AvgIpc) is 3.29. The van der Waals surface area contributed by atoms with Gasteiger partial charge in [0.2, 0.25) is 5.91 Å². The highest BCUT2D eigenvalue weighted by molar-refractivity contribution is 5.82. The topological polar surface area (TPSA) is 95.9 Å². The van der Waals surface area contributed by atoms with Crippen molar-refractivity contribution in [2.24, 2.45) is 0 Å². The van der Waals surface area contributed by atoms with Crippen LogP contribution in [0.2, 0.25) is 0 Å². The lowest BCUT2D eigenvalue weighted by molar-refractivity contribution is -0.192. The number of carbonyl (C=O) groups excluding carboxylic acids is 2. The lowest BCUT2D eigenvalue weighted by atomic mass is 10.0. The highest BCUT2D eigenvalue weighted by atomic mass is 19.4. The summed E-state index contributed by atoms with van der Waals surface area (Å²) in [5.74, 6) is -3.35. The summed E-state index contributed by atoms with van der Waals surface area (Å²) < 4.78 is 36.2. The average molecular weight is 523 g/mol. The first-order valence-electron chi connectivity index (χ1n) is 12.1. The van der Waals surface area contributed by atoms with E-state index in [1.165, 1.54) is 43.2 Å². The number of carboxylic acid groups (broad SMARTS) is 1. The molecule has 0 spiro atoms. The molecule has 1 aliphatic rings. The fraction of sp³-hybridized carbons (Fsp3) is 0.444. The minimum Gasteiger partial charge on any atom is -0.475 e. The van der Waals surface area contributed by atoms with Gasteiger partial charge in [-0.15, -0.1) is 0 Å². The first kappa shape index (κ1) is 29.8. The molecule has 3 rings (SSSR count). The van der Waals surface area contributed by atoms with Crippen LogP contribution in [0.25, 0.3) is 11.1 Å². The molecule has 2 N–H and O–H groups in total. The zero-order valence-electron chi connectivity index (χ0n) is 21.0. The van der Waals surface area contributed by atoms with Gasteiger partial charge in [0.1, 0.15) is 6.54 Å². The highest BCUT2D eigenvalue weighted by Gasteiger charge is 2.38. The number of benzene rings is 2. The normalized spacial score (nSPS) is 15.4. The molecule has 0 saturated carbocycles. The number of aliphatic carboxylic acids is 1. The molecule has 1 amide bonds. The number of carbonyl (C=O) groups is 3. The second-order valence-corrected chi connectivity index (χ2v) is 8.83. The molecule has 7 nitrogen and oxygen atoms in total. The number of ether oxygens (including phenoxy) is 1. The number of hydrogen-bond acceptors (Lipinski definition) is 5. The van der Waals surface area contributed by atoms with Crippen LogP contribution in [0.4, 0.5) is 13.2 Å². The number of nitrogens with zero attached hydrogens (tertiary/aromatic N) is 1. The Bertz CT molecular complexity index is 1020. The van der Waals surface area contributed by atoms with Gasteiger partial charge in [0.25, 0.3) is 0 Å². The number of nitrogens with one attached hydrogen (secondary N) is 1. The van der Waals surface area contributed by atoms with Gasteiger partial charge in [0, 0.05) is 19.0 Å². The van der Waals surface area contributed by atoms with Crippen LogP contribution in [-0.2, 0) is 32.0 Å². The van der Waals surface area contributed by atoms with Crippen LogP contribution < -0.4 is 5.32 Å². The highest BCUT2D eigenvalue weighted by Crippen LogP contribution is 2.22. The van der Waals surface area contributed by atoms with E-state index in [-0.39, 0.29) is 12.5 Å². The zero-order valence-corrected chi connectivity index (χ0v) is 21.0. The molecule has 2 aromatic rings. The van der Waals surface area contributed by atoms with E-state index in [0.717, 1.165) is 24.6 Å². The van der Waals surface area contributed by atoms with E-state index in [4.69, 9.17) is 9.90 Å². The van der Waals surface area contributed by atoms with Crippen LogP contribution in [0.3, 0.4) is 0 Å². The van der Waals surface area contributed by atoms with Gasteiger partial charge in [-0.3, -0.25) is 9.59 Å². The van der Waals surface area contributed by atoms with E-state index in [2.05, 4.69) is 70.4 Å². The van der Waals surface area contributed by atoms with Gasteiger partial charge in [-0.1, -0.05) is 48.5 Å². The fourth-order valence-corrected chi connectivity index (χ4v) is 3.91. The van der Waals surface area contributed by atoms with E-state index in [1.807, 2.05) is 0 Å². The number of alkyl halides is 3. The van der Waals surface area contributed by atoms with Gasteiger partial charge in [0.15, 0.2) is 0 Å². The van der Waals surface area contributed by atoms with Gasteiger partial charge in [-0.2, -0.15) is 13.2 Å². The minimum absolute atomic E-state index is 0.0820. The zero-order chi connectivity index (χ0) is 27.4. The Hall–Kier alpha value is -3.40. The number of halogens is 3. The van der Waals surface area contributed by atoms with E-state index < -0.39 is 18.1 Å². The first-order chi connectivity index (χ1) is 17.5. The second kappa shape index (κ2) is 14.4. The third-order valence-corrected chi connectivity index (χ3v) is 6.16. The van der Waals surface area contributed by atoms with Crippen molar-refractivity contribution in [2.45, 2.75) is 51.2 Å². The molecule has 1 heterocycles. The number of hydrogen-bond donors (Lipinski definition) is 2. The van der Waals surface area contributed by atoms with Crippen molar-refractivity contribution in [3.8, 4) is 11.1 Å². The summed E-state index contributed by atoms with van der Waals surface area (Å²) in [5, 5.41) is 9.69. The Balaban J connectivity index is 0.000000604. The van der Waals surface area contributed by atoms with E-state index in [1.54, 1.807) is 0 Å². The maximum absolute atomic E-state index is 11.8. The van der Waals surface area contributed by atoms with E-state index in [0.29, 0.717) is 12.8 Å². The molecule has 0 aromatic heterocycles. The number of amides is 1. The van der Waals surface area contributed by atoms with Gasteiger partial charge < -0.3 is 20.1 Å². The molecule has 0 aliphatic carbocycles. The van der Waals surface area contributed by atoms with Crippen molar-refractivity contribution in [2.75, 3.05) is 26.7 Å². The van der Waals surface area contributed by atoms with Crippen molar-refractivity contribution in [3.05, 3.63) is 59.7 Å². The minimum atomic E-state index is -5.08. The predicted molar refractivity (Wildman–Crippen MR) is 133 cm³/mol. The smallest absolute Gasteiger partial charge is 0.475 e. The third kappa shape index (κ3) is 10.6. The Labute approximate surface area is 214 Å². The Morgan fingerprint density at radius 2 is 1.51 bits per heavy atom.